The Bertz CT molecular complexity index is 1540. The van der Waals surface area contributed by atoms with Crippen LogP contribution in [-0.4, -0.2) is 77.8 Å². The van der Waals surface area contributed by atoms with Gasteiger partial charge in [0.15, 0.2) is 0 Å². The Kier molecular flexibility index (Phi) is 11.3. The number of anilines is 2. The number of halogens is 1. The van der Waals surface area contributed by atoms with Gasteiger partial charge in [0.25, 0.3) is 5.91 Å². The van der Waals surface area contributed by atoms with Gasteiger partial charge in [-0.15, -0.1) is 13.2 Å². The number of aliphatic hydroxyl groups is 1. The van der Waals surface area contributed by atoms with Gasteiger partial charge in [0, 0.05) is 31.9 Å². The topological polar surface area (TPSA) is 99.6 Å². The number of hydrogen-bond donors (Lipinski definition) is 1. The molecule has 0 radical (unpaired) electrons. The number of para-hydroxylation sites is 1. The quantitative estimate of drug-likeness (QED) is 0.163. The molecule has 5 rings (SSSR count). The molecule has 6 atom stereocenters. The Hall–Kier alpha value is -3.66. The lowest BCUT2D eigenvalue weighted by Gasteiger charge is -2.39. The van der Waals surface area contributed by atoms with Crippen LogP contribution in [-0.2, 0) is 19.1 Å². The number of ether oxygens (including phenoxy) is 2. The van der Waals surface area contributed by atoms with Gasteiger partial charge in [-0.2, -0.15) is 0 Å². The molecule has 0 aliphatic carbocycles. The van der Waals surface area contributed by atoms with Gasteiger partial charge < -0.3 is 29.3 Å². The summed E-state index contributed by atoms with van der Waals surface area (Å²) in [6.07, 6.45) is 6.68. The van der Waals surface area contributed by atoms with Gasteiger partial charge in [0.1, 0.15) is 17.4 Å². The Morgan fingerprint density at radius 3 is 2.37 bits per heavy atom. The van der Waals surface area contributed by atoms with Gasteiger partial charge in [-0.05, 0) is 81.8 Å². The van der Waals surface area contributed by atoms with Crippen LogP contribution in [0.1, 0.15) is 58.4 Å². The summed E-state index contributed by atoms with van der Waals surface area (Å²) in [5.74, 6) is -1.90. The molecule has 3 saturated heterocycles. The summed E-state index contributed by atoms with van der Waals surface area (Å²) >= 11 is 6.73. The van der Waals surface area contributed by atoms with Crippen LogP contribution < -0.4 is 14.5 Å². The molecule has 3 amide bonds. The molecule has 2 aromatic carbocycles. The Morgan fingerprint density at radius 1 is 1.06 bits per heavy atom. The minimum Gasteiger partial charge on any atom is -0.494 e. The highest BCUT2D eigenvalue weighted by atomic mass is 35.5. The van der Waals surface area contributed by atoms with Crippen LogP contribution in [0.5, 0.6) is 5.75 Å². The summed E-state index contributed by atoms with van der Waals surface area (Å²) in [7, 11) is 0. The van der Waals surface area contributed by atoms with Gasteiger partial charge in [0.2, 0.25) is 11.8 Å². The second-order valence-corrected chi connectivity index (χ2v) is 14.1. The van der Waals surface area contributed by atoms with E-state index in [9.17, 15) is 14.7 Å². The van der Waals surface area contributed by atoms with Crippen molar-refractivity contribution in [3.63, 3.8) is 0 Å². The highest BCUT2D eigenvalue weighted by molar-refractivity contribution is 6.34. The Morgan fingerprint density at radius 2 is 1.73 bits per heavy atom. The fourth-order valence-electron chi connectivity index (χ4n) is 8.42. The van der Waals surface area contributed by atoms with Gasteiger partial charge in [-0.25, -0.2) is 0 Å². The van der Waals surface area contributed by atoms with Crippen molar-refractivity contribution >= 4 is 40.7 Å². The normalized spacial score (nSPS) is 26.8. The molecule has 3 heterocycles. The van der Waals surface area contributed by atoms with E-state index in [4.69, 9.17) is 21.1 Å². The molecule has 2 aromatic rings. The van der Waals surface area contributed by atoms with E-state index in [0.29, 0.717) is 54.6 Å². The third-order valence-electron chi connectivity index (χ3n) is 10.7. The molecular weight excluding hydrogens is 642 g/mol. The van der Waals surface area contributed by atoms with Gasteiger partial charge in [-0.3, -0.25) is 14.4 Å². The number of aliphatic hydroxyl groups excluding tert-OH is 1. The molecule has 1 N–H and O–H groups in total. The maximum atomic E-state index is 15.1. The summed E-state index contributed by atoms with van der Waals surface area (Å²) in [5, 5.41) is 9.73. The molecule has 0 aromatic heterocycles. The predicted molar refractivity (Wildman–Crippen MR) is 193 cm³/mol. The van der Waals surface area contributed by atoms with Gasteiger partial charge >= 0.3 is 0 Å². The minimum atomic E-state index is -1.22. The van der Waals surface area contributed by atoms with Crippen molar-refractivity contribution in [1.29, 1.82) is 0 Å². The van der Waals surface area contributed by atoms with E-state index in [1.54, 1.807) is 32.9 Å². The average Bonchev–Trinajstić information content (AvgIpc) is 3.59. The van der Waals surface area contributed by atoms with Crippen LogP contribution in [0.25, 0.3) is 0 Å². The Balaban J connectivity index is 1.59. The number of amides is 3. The number of nitrogens with zero attached hydrogens (tertiary/aromatic N) is 3. The van der Waals surface area contributed by atoms with E-state index in [1.807, 2.05) is 64.1 Å². The number of unbranched alkanes of at least 4 members (excludes halogenated alkanes) is 3. The molecule has 1 spiro atoms. The number of carbonyl (C=O) groups excluding carboxylic acids is 3. The molecule has 2 bridgehead atoms. The van der Waals surface area contributed by atoms with Crippen LogP contribution in [0.4, 0.5) is 11.4 Å². The van der Waals surface area contributed by atoms with Crippen LogP contribution in [0.15, 0.2) is 67.8 Å². The summed E-state index contributed by atoms with van der Waals surface area (Å²) in [6.45, 7) is 17.0. The summed E-state index contributed by atoms with van der Waals surface area (Å²) < 4.78 is 12.7. The smallest absolute Gasteiger partial charge is 0.253 e. The zero-order chi connectivity index (χ0) is 35.5. The summed E-state index contributed by atoms with van der Waals surface area (Å²) in [4.78, 5) is 49.7. The molecule has 3 unspecified atom stereocenters. The third kappa shape index (κ3) is 6.41. The van der Waals surface area contributed by atoms with E-state index >= 15 is 4.79 Å². The van der Waals surface area contributed by atoms with Crippen molar-refractivity contribution in [2.45, 2.75) is 77.0 Å². The van der Waals surface area contributed by atoms with Crippen molar-refractivity contribution in [2.75, 3.05) is 42.6 Å². The van der Waals surface area contributed by atoms with Gasteiger partial charge in [-0.1, -0.05) is 55.7 Å². The van der Waals surface area contributed by atoms with E-state index in [-0.39, 0.29) is 43.3 Å². The van der Waals surface area contributed by atoms with Crippen molar-refractivity contribution in [3.8, 4) is 5.75 Å². The van der Waals surface area contributed by atoms with Crippen molar-refractivity contribution in [2.24, 2.45) is 17.8 Å². The lowest BCUT2D eigenvalue weighted by atomic mass is 9.62. The van der Waals surface area contributed by atoms with Crippen LogP contribution in [0.3, 0.4) is 0 Å². The molecule has 264 valence electrons. The largest absolute Gasteiger partial charge is 0.494 e. The molecular formula is C39H50ClN3O6. The SMILES string of the molecule is C=CCN(C(=O)[C@@H]1[C@H]2C(=O)N(CCCCCCO)C(C(=O)N(CC=C)c3c(C)cccc3Cl)C23CC(C)[C@@]1(C)O3)c1ccc(OCC)cc1. The first kappa shape index (κ1) is 36.6. The van der Waals surface area contributed by atoms with Crippen molar-refractivity contribution in [3.05, 3.63) is 78.4 Å². The first-order chi connectivity index (χ1) is 23.5. The molecule has 10 heteroatoms. The number of fused-ring (bicyclic) bond motifs is 1. The monoisotopic (exact) mass is 691 g/mol. The number of hydrogen-bond acceptors (Lipinski definition) is 6. The second kappa shape index (κ2) is 15.1. The fraction of sp³-hybridized carbons (Fsp3) is 0.513. The molecule has 0 saturated carbocycles. The standard InChI is InChI=1S/C39H50ClN3O6/c1-7-21-41(28-17-19-29(20-18-28)48-9-3)35(45)31-32-36(46)43(23-12-10-11-13-24-44)34(39(32)25-27(5)38(31,6)49-39)37(47)42(22-8-2)33-26(4)15-14-16-30(33)40/h7-8,14-20,27,31-32,34,44H,1-2,9-13,21-25H2,3-6H3/t27?,31-,32-,34?,38+,39?/m0/s1. The van der Waals surface area contributed by atoms with E-state index in [2.05, 4.69) is 13.2 Å². The highest BCUT2D eigenvalue weighted by Gasteiger charge is 2.80. The van der Waals surface area contributed by atoms with Crippen molar-refractivity contribution < 1.29 is 29.0 Å². The van der Waals surface area contributed by atoms with E-state index < -0.39 is 29.1 Å². The molecule has 3 fully saturated rings. The van der Waals surface area contributed by atoms with Crippen LogP contribution in [0.2, 0.25) is 5.02 Å². The van der Waals surface area contributed by atoms with E-state index in [0.717, 1.165) is 18.4 Å². The predicted octanol–water partition coefficient (Wildman–Crippen LogP) is 6.35. The lowest BCUT2D eigenvalue weighted by Crippen LogP contribution is -2.57. The first-order valence-electron chi connectivity index (χ1n) is 17.4. The molecule has 3 aliphatic heterocycles. The molecule has 3 aliphatic rings. The lowest BCUT2D eigenvalue weighted by molar-refractivity contribution is -0.145. The zero-order valence-electron chi connectivity index (χ0n) is 29.2. The highest BCUT2D eigenvalue weighted by Crippen LogP contribution is 2.65. The van der Waals surface area contributed by atoms with Crippen LogP contribution >= 0.6 is 11.6 Å². The maximum Gasteiger partial charge on any atom is 0.253 e. The van der Waals surface area contributed by atoms with Crippen molar-refractivity contribution in [1.82, 2.24) is 4.90 Å². The number of aryl methyl sites for hydroxylation is 1. The number of benzene rings is 2. The third-order valence-corrected chi connectivity index (χ3v) is 11.0. The number of rotatable bonds is 16. The number of likely N-dealkylation sites (tertiary alicyclic amines) is 1. The second-order valence-electron chi connectivity index (χ2n) is 13.7. The average molecular weight is 692 g/mol. The maximum absolute atomic E-state index is 15.1. The van der Waals surface area contributed by atoms with E-state index in [1.165, 1.54) is 0 Å². The first-order valence-corrected chi connectivity index (χ1v) is 17.8. The summed E-state index contributed by atoms with van der Waals surface area (Å²) in [6, 6.07) is 11.8. The summed E-state index contributed by atoms with van der Waals surface area (Å²) in [5.41, 5.74) is -0.168. The van der Waals surface area contributed by atoms with Gasteiger partial charge in [0.05, 0.1) is 34.8 Å². The molecule has 49 heavy (non-hydrogen) atoms. The zero-order valence-corrected chi connectivity index (χ0v) is 30.0. The Labute approximate surface area is 295 Å². The number of carbonyl (C=O) groups is 3. The fourth-order valence-corrected chi connectivity index (χ4v) is 8.75. The molecule has 9 nitrogen and oxygen atoms in total. The van der Waals surface area contributed by atoms with Crippen LogP contribution in [0, 0.1) is 24.7 Å². The minimum absolute atomic E-state index is 0.103.